The third kappa shape index (κ3) is 4.89. The number of esters is 1. The summed E-state index contributed by atoms with van der Waals surface area (Å²) in [5.41, 5.74) is 0.149. The number of carbonyl (C=O) groups excluding carboxylic acids is 3. The van der Waals surface area contributed by atoms with Gasteiger partial charge in [-0.2, -0.15) is 0 Å². The molecule has 2 aromatic carbocycles. The van der Waals surface area contributed by atoms with Crippen LogP contribution in [-0.4, -0.2) is 41.6 Å². The van der Waals surface area contributed by atoms with Gasteiger partial charge in [-0.1, -0.05) is 6.07 Å². The predicted molar refractivity (Wildman–Crippen MR) is 108 cm³/mol. The smallest absolute Gasteiger partial charge is 0.338 e. The van der Waals surface area contributed by atoms with Crippen molar-refractivity contribution in [3.63, 3.8) is 0 Å². The molecule has 3 rings (SSSR count). The number of hydrogen-bond donors (Lipinski definition) is 2. The normalized spacial score (nSPS) is 14.3. The lowest BCUT2D eigenvalue weighted by Gasteiger charge is -2.32. The van der Waals surface area contributed by atoms with Crippen molar-refractivity contribution < 1.29 is 33.7 Å². The van der Waals surface area contributed by atoms with Crippen LogP contribution in [-0.2, 0) is 9.53 Å². The molecular weight excluding hydrogens is 390 g/mol. The number of rotatable bonds is 6. The monoisotopic (exact) mass is 413 g/mol. The Kier molecular flexibility index (Phi) is 5.96. The Morgan fingerprint density at radius 1 is 1.23 bits per heavy atom. The number of aromatic hydroxyl groups is 1. The maximum atomic E-state index is 12.2. The molecule has 1 amide bonds. The molecule has 8 nitrogen and oxygen atoms in total. The van der Waals surface area contributed by atoms with Crippen molar-refractivity contribution in [2.75, 3.05) is 18.5 Å². The highest BCUT2D eigenvalue weighted by molar-refractivity contribution is 6.03. The van der Waals surface area contributed by atoms with E-state index in [9.17, 15) is 19.5 Å². The van der Waals surface area contributed by atoms with Gasteiger partial charge in [-0.15, -0.1) is 0 Å². The summed E-state index contributed by atoms with van der Waals surface area (Å²) in [7, 11) is 0. The molecule has 0 bridgehead atoms. The lowest BCUT2D eigenvalue weighted by Crippen LogP contribution is -2.35. The van der Waals surface area contributed by atoms with Gasteiger partial charge in [-0.25, -0.2) is 4.79 Å². The lowest BCUT2D eigenvalue weighted by atomic mass is 9.92. The van der Waals surface area contributed by atoms with Crippen LogP contribution in [0, 0.1) is 0 Å². The maximum absolute atomic E-state index is 12.2. The van der Waals surface area contributed by atoms with Gasteiger partial charge in [0.25, 0.3) is 5.91 Å². The fourth-order valence-electron chi connectivity index (χ4n) is 3.11. The molecule has 2 aromatic rings. The summed E-state index contributed by atoms with van der Waals surface area (Å²) in [4.78, 5) is 36.3. The zero-order valence-corrected chi connectivity index (χ0v) is 17.0. The minimum absolute atomic E-state index is 0.113. The molecule has 1 aliphatic heterocycles. The van der Waals surface area contributed by atoms with Crippen LogP contribution in [0.15, 0.2) is 36.4 Å². The largest absolute Gasteiger partial charge is 0.507 e. The van der Waals surface area contributed by atoms with Crippen molar-refractivity contribution in [1.82, 2.24) is 0 Å². The van der Waals surface area contributed by atoms with Crippen LogP contribution in [0.1, 0.15) is 47.9 Å². The minimum atomic E-state index is -0.698. The van der Waals surface area contributed by atoms with E-state index in [1.165, 1.54) is 18.2 Å². The molecule has 0 atom stereocenters. The Hall–Kier alpha value is -3.55. The number of anilines is 1. The average molecular weight is 413 g/mol. The SMILES string of the molecule is CCOC(=O)c1cccc(NC(=O)COc2cc(O)c3c(c2)OC(C)(C)CC3=O)c1. The van der Waals surface area contributed by atoms with E-state index < -0.39 is 17.5 Å². The number of phenolic OH excluding ortho intramolecular Hbond substituents is 1. The molecule has 0 saturated heterocycles. The highest BCUT2D eigenvalue weighted by Gasteiger charge is 2.35. The molecular formula is C22H23NO7. The third-order valence-electron chi connectivity index (χ3n) is 4.33. The number of ether oxygens (including phenoxy) is 3. The maximum Gasteiger partial charge on any atom is 0.338 e. The van der Waals surface area contributed by atoms with Gasteiger partial charge in [0.2, 0.25) is 0 Å². The highest BCUT2D eigenvalue weighted by Crippen LogP contribution is 2.40. The number of nitrogens with one attached hydrogen (secondary N) is 1. The molecule has 30 heavy (non-hydrogen) atoms. The van der Waals surface area contributed by atoms with E-state index in [0.717, 1.165) is 0 Å². The molecule has 0 spiro atoms. The molecule has 0 aromatic heterocycles. The van der Waals surface area contributed by atoms with Crippen molar-refractivity contribution >= 4 is 23.3 Å². The number of carbonyl (C=O) groups is 3. The second-order valence-corrected chi connectivity index (χ2v) is 7.42. The Balaban J connectivity index is 1.66. The average Bonchev–Trinajstić information content (AvgIpc) is 2.65. The van der Waals surface area contributed by atoms with E-state index in [-0.39, 0.29) is 48.2 Å². The molecule has 2 N–H and O–H groups in total. The molecule has 0 saturated carbocycles. The summed E-state index contributed by atoms with van der Waals surface area (Å²) in [5, 5.41) is 12.8. The highest BCUT2D eigenvalue weighted by atomic mass is 16.5. The number of phenols is 1. The fourth-order valence-corrected chi connectivity index (χ4v) is 3.11. The summed E-state index contributed by atoms with van der Waals surface area (Å²) >= 11 is 0. The molecule has 1 heterocycles. The predicted octanol–water partition coefficient (Wildman–Crippen LogP) is 3.33. The summed E-state index contributed by atoms with van der Waals surface area (Å²) in [6, 6.07) is 9.09. The molecule has 8 heteroatoms. The molecule has 0 fully saturated rings. The fraction of sp³-hybridized carbons (Fsp3) is 0.318. The number of Topliss-reactive ketones (excluding diaryl/α,β-unsaturated/α-hetero) is 1. The summed E-state index contributed by atoms with van der Waals surface area (Å²) in [5.74, 6) is -1.02. The van der Waals surface area contributed by atoms with Crippen LogP contribution in [0.25, 0.3) is 0 Å². The summed E-state index contributed by atoms with van der Waals surface area (Å²) in [6.07, 6.45) is 0.154. The number of fused-ring (bicyclic) bond motifs is 1. The van der Waals surface area contributed by atoms with Gasteiger partial charge >= 0.3 is 5.97 Å². The zero-order valence-electron chi connectivity index (χ0n) is 17.0. The lowest BCUT2D eigenvalue weighted by molar-refractivity contribution is -0.118. The van der Waals surface area contributed by atoms with Crippen LogP contribution >= 0.6 is 0 Å². The summed E-state index contributed by atoms with van der Waals surface area (Å²) in [6.45, 7) is 5.16. The standard InChI is InChI=1S/C22H23NO7/c1-4-28-21(27)13-6-5-7-14(8-13)23-19(26)12-29-15-9-16(24)20-17(25)11-22(2,3)30-18(20)10-15/h5-10,24H,4,11-12H2,1-3H3,(H,23,26). The first-order chi connectivity index (χ1) is 14.2. The van der Waals surface area contributed by atoms with Crippen LogP contribution in [0.4, 0.5) is 5.69 Å². The van der Waals surface area contributed by atoms with Crippen molar-refractivity contribution in [2.45, 2.75) is 32.8 Å². The first kappa shape index (κ1) is 21.2. The molecule has 158 valence electrons. The van der Waals surface area contributed by atoms with E-state index in [1.807, 2.05) is 0 Å². The van der Waals surface area contributed by atoms with Crippen molar-refractivity contribution in [3.8, 4) is 17.2 Å². The van der Waals surface area contributed by atoms with Gasteiger partial charge in [0, 0.05) is 17.8 Å². The van der Waals surface area contributed by atoms with Gasteiger partial charge in [-0.05, 0) is 39.0 Å². The first-order valence-corrected chi connectivity index (χ1v) is 9.47. The van der Waals surface area contributed by atoms with Crippen LogP contribution in [0.5, 0.6) is 17.2 Å². The van der Waals surface area contributed by atoms with E-state index in [0.29, 0.717) is 11.3 Å². The van der Waals surface area contributed by atoms with Gasteiger partial charge < -0.3 is 24.6 Å². The van der Waals surface area contributed by atoms with E-state index in [2.05, 4.69) is 5.32 Å². The van der Waals surface area contributed by atoms with Crippen molar-refractivity contribution in [3.05, 3.63) is 47.5 Å². The molecule has 0 aliphatic carbocycles. The second kappa shape index (κ2) is 8.44. The Labute approximate surface area is 173 Å². The quantitative estimate of drug-likeness (QED) is 0.699. The van der Waals surface area contributed by atoms with Gasteiger partial charge in [-0.3, -0.25) is 9.59 Å². The number of ketones is 1. The third-order valence-corrected chi connectivity index (χ3v) is 4.33. The molecule has 0 radical (unpaired) electrons. The van der Waals surface area contributed by atoms with Crippen LogP contribution in [0.3, 0.4) is 0 Å². The van der Waals surface area contributed by atoms with Gasteiger partial charge in [0.15, 0.2) is 12.4 Å². The number of amides is 1. The van der Waals surface area contributed by atoms with Crippen LogP contribution in [0.2, 0.25) is 0 Å². The second-order valence-electron chi connectivity index (χ2n) is 7.42. The Morgan fingerprint density at radius 3 is 2.73 bits per heavy atom. The minimum Gasteiger partial charge on any atom is -0.507 e. The van der Waals surface area contributed by atoms with E-state index in [4.69, 9.17) is 14.2 Å². The van der Waals surface area contributed by atoms with Crippen molar-refractivity contribution in [1.29, 1.82) is 0 Å². The molecule has 0 unspecified atom stereocenters. The Morgan fingerprint density at radius 2 is 2.00 bits per heavy atom. The van der Waals surface area contributed by atoms with Crippen LogP contribution < -0.4 is 14.8 Å². The molecule has 1 aliphatic rings. The van der Waals surface area contributed by atoms with Gasteiger partial charge in [0.05, 0.1) is 18.6 Å². The van der Waals surface area contributed by atoms with E-state index >= 15 is 0 Å². The summed E-state index contributed by atoms with van der Waals surface area (Å²) < 4.78 is 16.2. The van der Waals surface area contributed by atoms with E-state index in [1.54, 1.807) is 39.0 Å². The zero-order chi connectivity index (χ0) is 21.9. The van der Waals surface area contributed by atoms with Gasteiger partial charge in [0.1, 0.15) is 28.4 Å². The Bertz CT molecular complexity index is 997. The topological polar surface area (TPSA) is 111 Å². The number of benzene rings is 2. The number of hydrogen-bond acceptors (Lipinski definition) is 7. The first-order valence-electron chi connectivity index (χ1n) is 9.47. The van der Waals surface area contributed by atoms with Crippen molar-refractivity contribution in [2.24, 2.45) is 0 Å².